The number of carbonyl (C=O) groups is 2. The van der Waals surface area contributed by atoms with Gasteiger partial charge >= 0.3 is 0 Å². The van der Waals surface area contributed by atoms with Crippen LogP contribution in [-0.2, 0) is 9.59 Å². The summed E-state index contributed by atoms with van der Waals surface area (Å²) in [4.78, 5) is 26.4. The molecule has 0 radical (unpaired) electrons. The van der Waals surface area contributed by atoms with Crippen LogP contribution < -0.4 is 10.6 Å². The third-order valence-corrected chi connectivity index (χ3v) is 4.80. The van der Waals surface area contributed by atoms with Gasteiger partial charge in [0.1, 0.15) is 5.82 Å². The molecule has 2 rings (SSSR count). The zero-order valence-corrected chi connectivity index (χ0v) is 15.4. The molecule has 25 heavy (non-hydrogen) atoms. The first kappa shape index (κ1) is 19.7. The third kappa shape index (κ3) is 5.41. The molecule has 0 bridgehead atoms. The number of benzene rings is 1. The zero-order chi connectivity index (χ0) is 18.4. The molecule has 1 aromatic carbocycles. The van der Waals surface area contributed by atoms with Crippen molar-refractivity contribution in [3.8, 4) is 0 Å². The van der Waals surface area contributed by atoms with E-state index in [9.17, 15) is 14.0 Å². The fourth-order valence-electron chi connectivity index (χ4n) is 2.94. The molecule has 0 unspecified atom stereocenters. The highest BCUT2D eigenvalue weighted by Gasteiger charge is 2.29. The molecule has 1 saturated heterocycles. The van der Waals surface area contributed by atoms with Gasteiger partial charge in [-0.3, -0.25) is 14.5 Å². The number of anilines is 1. The minimum Gasteiger partial charge on any atom is -0.356 e. The first-order valence-electron chi connectivity index (χ1n) is 8.70. The molecule has 0 saturated carbocycles. The molecule has 5 nitrogen and oxygen atoms in total. The Labute approximate surface area is 152 Å². The summed E-state index contributed by atoms with van der Waals surface area (Å²) in [7, 11) is 0. The highest BCUT2D eigenvalue weighted by Crippen LogP contribution is 2.22. The van der Waals surface area contributed by atoms with Crippen molar-refractivity contribution in [2.45, 2.75) is 39.2 Å². The minimum atomic E-state index is -0.556. The standard InChI is InChI=1S/C18H25ClFN3O2/c1-3-8-21-18(25)13-6-9-23(10-7-13)12(2)17(24)22-16-5-4-14(19)11-15(16)20/h4-5,11-13H,3,6-10H2,1-2H3,(H,21,25)(H,22,24)/t12-/m0/s1. The number of likely N-dealkylation sites (tertiary alicyclic amines) is 1. The van der Waals surface area contributed by atoms with E-state index in [0.717, 1.165) is 19.3 Å². The maximum Gasteiger partial charge on any atom is 0.241 e. The quantitative estimate of drug-likeness (QED) is 0.810. The Balaban J connectivity index is 1.86. The molecule has 1 aliphatic heterocycles. The summed E-state index contributed by atoms with van der Waals surface area (Å²) >= 11 is 5.72. The topological polar surface area (TPSA) is 61.4 Å². The van der Waals surface area contributed by atoms with Crippen molar-refractivity contribution in [2.75, 3.05) is 25.0 Å². The van der Waals surface area contributed by atoms with Gasteiger partial charge < -0.3 is 10.6 Å². The molecular weight excluding hydrogens is 345 g/mol. The largest absolute Gasteiger partial charge is 0.356 e. The molecule has 1 aliphatic rings. The van der Waals surface area contributed by atoms with Crippen LogP contribution >= 0.6 is 11.6 Å². The van der Waals surface area contributed by atoms with Gasteiger partial charge in [-0.25, -0.2) is 4.39 Å². The number of halogens is 2. The highest BCUT2D eigenvalue weighted by atomic mass is 35.5. The monoisotopic (exact) mass is 369 g/mol. The average molecular weight is 370 g/mol. The third-order valence-electron chi connectivity index (χ3n) is 4.57. The minimum absolute atomic E-state index is 0.00627. The lowest BCUT2D eigenvalue weighted by molar-refractivity contribution is -0.127. The summed E-state index contributed by atoms with van der Waals surface area (Å²) in [6.45, 7) is 5.85. The van der Waals surface area contributed by atoms with Gasteiger partial charge in [0.25, 0.3) is 0 Å². The van der Waals surface area contributed by atoms with Crippen LogP contribution in [0, 0.1) is 11.7 Å². The van der Waals surface area contributed by atoms with Crippen LogP contribution in [0.25, 0.3) is 0 Å². The van der Waals surface area contributed by atoms with E-state index in [1.165, 1.54) is 18.2 Å². The fraction of sp³-hybridized carbons (Fsp3) is 0.556. The Kier molecular flexibility index (Phi) is 7.20. The van der Waals surface area contributed by atoms with Gasteiger partial charge in [0, 0.05) is 17.5 Å². The average Bonchev–Trinajstić information content (AvgIpc) is 2.61. The molecular formula is C18H25ClFN3O2. The number of amides is 2. The molecule has 1 aromatic rings. The smallest absolute Gasteiger partial charge is 0.241 e. The first-order chi connectivity index (χ1) is 11.9. The van der Waals surface area contributed by atoms with Crippen molar-refractivity contribution in [3.05, 3.63) is 29.0 Å². The maximum absolute atomic E-state index is 13.8. The van der Waals surface area contributed by atoms with Gasteiger partial charge in [-0.2, -0.15) is 0 Å². The van der Waals surface area contributed by atoms with Crippen molar-refractivity contribution in [1.82, 2.24) is 10.2 Å². The van der Waals surface area contributed by atoms with E-state index < -0.39 is 11.9 Å². The van der Waals surface area contributed by atoms with Gasteiger partial charge in [-0.05, 0) is 57.5 Å². The normalized spacial score (nSPS) is 17.1. The molecule has 1 fully saturated rings. The Bertz CT molecular complexity index is 618. The molecule has 2 amide bonds. The number of hydrogen-bond acceptors (Lipinski definition) is 3. The first-order valence-corrected chi connectivity index (χ1v) is 9.07. The van der Waals surface area contributed by atoms with E-state index >= 15 is 0 Å². The summed E-state index contributed by atoms with van der Waals surface area (Å²) in [5.41, 5.74) is 0.120. The van der Waals surface area contributed by atoms with Crippen LogP contribution in [-0.4, -0.2) is 42.4 Å². The second kappa shape index (κ2) is 9.15. The Morgan fingerprint density at radius 3 is 2.64 bits per heavy atom. The van der Waals surface area contributed by atoms with Crippen molar-refractivity contribution in [2.24, 2.45) is 5.92 Å². The maximum atomic E-state index is 13.8. The number of hydrogen-bond donors (Lipinski definition) is 2. The predicted molar refractivity (Wildman–Crippen MR) is 97.1 cm³/mol. The lowest BCUT2D eigenvalue weighted by Gasteiger charge is -2.34. The number of rotatable bonds is 6. The summed E-state index contributed by atoms with van der Waals surface area (Å²) in [5, 5.41) is 5.81. The van der Waals surface area contributed by atoms with Crippen LogP contribution in [0.15, 0.2) is 18.2 Å². The molecule has 138 valence electrons. The van der Waals surface area contributed by atoms with Gasteiger partial charge in [-0.15, -0.1) is 0 Å². The molecule has 0 spiro atoms. The van der Waals surface area contributed by atoms with E-state index in [2.05, 4.69) is 10.6 Å². The number of nitrogens with zero attached hydrogens (tertiary/aromatic N) is 1. The van der Waals surface area contributed by atoms with E-state index in [4.69, 9.17) is 11.6 Å². The molecule has 1 atom stereocenters. The van der Waals surface area contributed by atoms with Crippen molar-refractivity contribution in [3.63, 3.8) is 0 Å². The van der Waals surface area contributed by atoms with Crippen molar-refractivity contribution < 1.29 is 14.0 Å². The Morgan fingerprint density at radius 2 is 2.04 bits per heavy atom. The van der Waals surface area contributed by atoms with Crippen molar-refractivity contribution >= 4 is 29.1 Å². The zero-order valence-electron chi connectivity index (χ0n) is 14.6. The van der Waals surface area contributed by atoms with E-state index in [1.807, 2.05) is 11.8 Å². The van der Waals surface area contributed by atoms with E-state index in [1.54, 1.807) is 6.92 Å². The van der Waals surface area contributed by atoms with Crippen LogP contribution in [0.4, 0.5) is 10.1 Å². The molecule has 1 heterocycles. The molecule has 0 aromatic heterocycles. The van der Waals surface area contributed by atoms with E-state index in [-0.39, 0.29) is 28.4 Å². The lowest BCUT2D eigenvalue weighted by atomic mass is 9.95. The summed E-state index contributed by atoms with van der Waals surface area (Å²) < 4.78 is 13.8. The highest BCUT2D eigenvalue weighted by molar-refractivity contribution is 6.30. The Hall–Kier alpha value is -1.66. The summed E-state index contributed by atoms with van der Waals surface area (Å²) in [6.07, 6.45) is 2.37. The summed E-state index contributed by atoms with van der Waals surface area (Å²) in [5.74, 6) is -0.719. The van der Waals surface area contributed by atoms with Crippen LogP contribution in [0.5, 0.6) is 0 Å². The molecule has 2 N–H and O–H groups in total. The number of piperidine rings is 1. The van der Waals surface area contributed by atoms with Gasteiger partial charge in [0.15, 0.2) is 0 Å². The van der Waals surface area contributed by atoms with Crippen LogP contribution in [0.1, 0.15) is 33.1 Å². The van der Waals surface area contributed by atoms with Crippen LogP contribution in [0.2, 0.25) is 5.02 Å². The lowest BCUT2D eigenvalue weighted by Crippen LogP contribution is -2.48. The summed E-state index contributed by atoms with van der Waals surface area (Å²) in [6, 6.07) is 3.76. The molecule has 7 heteroatoms. The fourth-order valence-corrected chi connectivity index (χ4v) is 3.09. The molecule has 0 aliphatic carbocycles. The van der Waals surface area contributed by atoms with Gasteiger partial charge in [0.05, 0.1) is 11.7 Å². The second-order valence-electron chi connectivity index (χ2n) is 6.39. The van der Waals surface area contributed by atoms with Gasteiger partial charge in [-0.1, -0.05) is 18.5 Å². The van der Waals surface area contributed by atoms with Crippen molar-refractivity contribution in [1.29, 1.82) is 0 Å². The van der Waals surface area contributed by atoms with E-state index in [0.29, 0.717) is 19.6 Å². The Morgan fingerprint density at radius 1 is 1.36 bits per heavy atom. The van der Waals surface area contributed by atoms with Crippen LogP contribution in [0.3, 0.4) is 0 Å². The second-order valence-corrected chi connectivity index (χ2v) is 6.83. The number of nitrogens with one attached hydrogen (secondary N) is 2. The predicted octanol–water partition coefficient (Wildman–Crippen LogP) is 3.04. The SMILES string of the molecule is CCCNC(=O)C1CCN([C@@H](C)C(=O)Nc2ccc(Cl)cc2F)CC1. The van der Waals surface area contributed by atoms with Gasteiger partial charge in [0.2, 0.25) is 11.8 Å². The number of carbonyl (C=O) groups excluding carboxylic acids is 2.